The average Bonchev–Trinajstić information content (AvgIpc) is 3.57. The lowest BCUT2D eigenvalue weighted by Gasteiger charge is -2.14. The van der Waals surface area contributed by atoms with Crippen molar-refractivity contribution in [3.63, 3.8) is 0 Å². The Balaban J connectivity index is 1.28. The smallest absolute Gasteiger partial charge is 0.414 e. The first-order valence-electron chi connectivity index (χ1n) is 10.6. The fourth-order valence-corrected chi connectivity index (χ4v) is 3.91. The van der Waals surface area contributed by atoms with Crippen molar-refractivity contribution in [3.8, 4) is 11.1 Å². The molecule has 5 rings (SSSR count). The predicted molar refractivity (Wildman–Crippen MR) is 117 cm³/mol. The molecule has 11 heteroatoms. The van der Waals surface area contributed by atoms with Crippen molar-refractivity contribution in [1.29, 1.82) is 0 Å². The van der Waals surface area contributed by atoms with E-state index >= 15 is 0 Å². The van der Waals surface area contributed by atoms with Crippen LogP contribution in [0.25, 0.3) is 11.1 Å². The van der Waals surface area contributed by atoms with Gasteiger partial charge in [-0.15, -0.1) is 5.10 Å². The maximum Gasteiger partial charge on any atom is 0.414 e. The predicted octanol–water partition coefficient (Wildman–Crippen LogP) is 2.22. The highest BCUT2D eigenvalue weighted by Gasteiger charge is 2.33. The normalized spacial score (nSPS) is 20.0. The quantitative estimate of drug-likeness (QED) is 0.587. The van der Waals surface area contributed by atoms with Gasteiger partial charge in [-0.2, -0.15) is 0 Å². The van der Waals surface area contributed by atoms with Crippen LogP contribution in [0.2, 0.25) is 0 Å². The minimum atomic E-state index is -0.519. The van der Waals surface area contributed by atoms with Gasteiger partial charge in [0.25, 0.3) is 0 Å². The van der Waals surface area contributed by atoms with Crippen LogP contribution in [0.4, 0.5) is 14.9 Å². The maximum absolute atomic E-state index is 15.0. The number of ether oxygens (including phenoxy) is 1. The van der Waals surface area contributed by atoms with Crippen LogP contribution in [0.5, 0.6) is 0 Å². The maximum atomic E-state index is 15.0. The highest BCUT2D eigenvalue weighted by Crippen LogP contribution is 2.29. The molecule has 2 atom stereocenters. The van der Waals surface area contributed by atoms with E-state index in [9.17, 15) is 9.18 Å². The SMILES string of the molecule is CNCC1CC(c2ccc(-c3ccc(N4CC(Cn5ccnn5)OC4=O)cc3F)cn2)=NO1. The molecule has 1 amide bonds. The molecule has 2 aliphatic heterocycles. The largest absolute Gasteiger partial charge is 0.442 e. The van der Waals surface area contributed by atoms with Crippen molar-refractivity contribution in [3.05, 3.63) is 60.4 Å². The molecule has 1 N–H and O–H groups in total. The number of cyclic esters (lactones) is 1. The van der Waals surface area contributed by atoms with Crippen LogP contribution in [0, 0.1) is 5.82 Å². The van der Waals surface area contributed by atoms with Gasteiger partial charge in [-0.05, 0) is 31.3 Å². The van der Waals surface area contributed by atoms with Crippen molar-refractivity contribution in [1.82, 2.24) is 25.3 Å². The van der Waals surface area contributed by atoms with Gasteiger partial charge in [-0.1, -0.05) is 16.4 Å². The number of pyridine rings is 1. The Morgan fingerprint density at radius 1 is 1.24 bits per heavy atom. The van der Waals surface area contributed by atoms with Gasteiger partial charge >= 0.3 is 6.09 Å². The summed E-state index contributed by atoms with van der Waals surface area (Å²) in [6, 6.07) is 8.27. The van der Waals surface area contributed by atoms with Crippen molar-refractivity contribution in [2.45, 2.75) is 25.2 Å². The fourth-order valence-electron chi connectivity index (χ4n) is 3.91. The van der Waals surface area contributed by atoms with Gasteiger partial charge in [0, 0.05) is 36.5 Å². The lowest BCUT2D eigenvalue weighted by Crippen LogP contribution is -2.26. The van der Waals surface area contributed by atoms with E-state index in [2.05, 4.69) is 25.8 Å². The number of hydrogen-bond donors (Lipinski definition) is 1. The number of amides is 1. The number of benzene rings is 1. The van der Waals surface area contributed by atoms with E-state index in [0.717, 1.165) is 5.71 Å². The first kappa shape index (κ1) is 21.0. The highest BCUT2D eigenvalue weighted by molar-refractivity contribution is 5.99. The van der Waals surface area contributed by atoms with Crippen LogP contribution in [0.1, 0.15) is 12.1 Å². The summed E-state index contributed by atoms with van der Waals surface area (Å²) in [5.41, 5.74) is 2.92. The van der Waals surface area contributed by atoms with Gasteiger partial charge in [-0.3, -0.25) is 9.88 Å². The molecule has 3 aromatic rings. The van der Waals surface area contributed by atoms with E-state index in [1.54, 1.807) is 47.5 Å². The van der Waals surface area contributed by atoms with Crippen LogP contribution in [-0.2, 0) is 16.1 Å². The van der Waals surface area contributed by atoms with Gasteiger partial charge in [0.1, 0.15) is 23.7 Å². The Bertz CT molecular complexity index is 1170. The number of aromatic nitrogens is 4. The molecule has 2 unspecified atom stereocenters. The molecule has 1 aromatic carbocycles. The molecule has 4 heterocycles. The van der Waals surface area contributed by atoms with E-state index in [4.69, 9.17) is 9.57 Å². The molecule has 10 nitrogen and oxygen atoms in total. The first-order chi connectivity index (χ1) is 16.1. The summed E-state index contributed by atoms with van der Waals surface area (Å²) < 4.78 is 21.9. The number of carbonyl (C=O) groups excluding carboxylic acids is 1. The number of likely N-dealkylation sites (N-methyl/N-ethyl adjacent to an activating group) is 1. The Labute approximate surface area is 189 Å². The van der Waals surface area contributed by atoms with Gasteiger partial charge in [0.15, 0.2) is 0 Å². The topological polar surface area (TPSA) is 107 Å². The van der Waals surface area contributed by atoms with Crippen molar-refractivity contribution in [2.75, 3.05) is 25.0 Å². The molecule has 0 radical (unpaired) electrons. The second kappa shape index (κ2) is 8.94. The summed E-state index contributed by atoms with van der Waals surface area (Å²) in [6.45, 7) is 1.38. The number of anilines is 1. The Kier molecular flexibility index (Phi) is 5.69. The second-order valence-electron chi connectivity index (χ2n) is 7.86. The number of halogens is 1. The van der Waals surface area contributed by atoms with Crippen LogP contribution >= 0.6 is 0 Å². The Hall–Kier alpha value is -3.86. The van der Waals surface area contributed by atoms with Gasteiger partial charge in [0.05, 0.1) is 30.7 Å². The van der Waals surface area contributed by atoms with Crippen molar-refractivity contribution >= 4 is 17.5 Å². The lowest BCUT2D eigenvalue weighted by molar-refractivity contribution is 0.0866. The Morgan fingerprint density at radius 2 is 2.15 bits per heavy atom. The summed E-state index contributed by atoms with van der Waals surface area (Å²) in [5.74, 6) is -0.454. The highest BCUT2D eigenvalue weighted by atomic mass is 19.1. The number of nitrogens with one attached hydrogen (secondary N) is 1. The molecule has 0 bridgehead atoms. The third kappa shape index (κ3) is 4.40. The fraction of sp³-hybridized carbons (Fsp3) is 0.318. The molecule has 1 fully saturated rings. The molecule has 0 aliphatic carbocycles. The zero-order valence-electron chi connectivity index (χ0n) is 17.9. The molecular weight excluding hydrogens is 429 g/mol. The minimum Gasteiger partial charge on any atom is -0.442 e. The summed E-state index contributed by atoms with van der Waals surface area (Å²) in [6.07, 6.45) is 4.60. The van der Waals surface area contributed by atoms with Gasteiger partial charge < -0.3 is 14.9 Å². The van der Waals surface area contributed by atoms with Gasteiger partial charge in [-0.25, -0.2) is 13.9 Å². The zero-order chi connectivity index (χ0) is 22.8. The number of oxime groups is 1. The second-order valence-corrected chi connectivity index (χ2v) is 7.86. The summed E-state index contributed by atoms with van der Waals surface area (Å²) in [7, 11) is 1.86. The van der Waals surface area contributed by atoms with Crippen LogP contribution in [0.15, 0.2) is 54.1 Å². The van der Waals surface area contributed by atoms with E-state index in [-0.39, 0.29) is 6.10 Å². The molecule has 0 spiro atoms. The minimum absolute atomic E-state index is 0.00968. The standard InChI is InChI=1S/C22H22FN7O3/c1-24-11-16-9-21(27-33-16)20-5-2-14(10-25-20)18-4-3-15(8-19(18)23)30-13-17(32-22(30)31)12-29-7-6-26-28-29/h2-8,10,16-17,24H,9,11-13H2,1H3. The molecule has 0 saturated carbocycles. The van der Waals surface area contributed by atoms with E-state index in [1.807, 2.05) is 7.05 Å². The molecule has 170 valence electrons. The summed E-state index contributed by atoms with van der Waals surface area (Å²) >= 11 is 0. The van der Waals surface area contributed by atoms with E-state index < -0.39 is 18.0 Å². The lowest BCUT2D eigenvalue weighted by atomic mass is 10.0. The number of rotatable bonds is 7. The van der Waals surface area contributed by atoms with Crippen LogP contribution < -0.4 is 10.2 Å². The molecule has 33 heavy (non-hydrogen) atoms. The summed E-state index contributed by atoms with van der Waals surface area (Å²) in [5, 5.41) is 14.8. The monoisotopic (exact) mass is 451 g/mol. The number of hydrogen-bond acceptors (Lipinski definition) is 8. The number of carbonyl (C=O) groups is 1. The van der Waals surface area contributed by atoms with Crippen molar-refractivity contribution < 1.29 is 18.8 Å². The van der Waals surface area contributed by atoms with Crippen molar-refractivity contribution in [2.24, 2.45) is 5.16 Å². The van der Waals surface area contributed by atoms with Gasteiger partial charge in [0.2, 0.25) is 0 Å². The van der Waals surface area contributed by atoms with E-state index in [1.165, 1.54) is 11.0 Å². The summed E-state index contributed by atoms with van der Waals surface area (Å²) in [4.78, 5) is 23.5. The number of nitrogens with zero attached hydrogens (tertiary/aromatic N) is 6. The zero-order valence-corrected chi connectivity index (χ0v) is 17.9. The third-order valence-electron chi connectivity index (χ3n) is 5.54. The molecule has 1 saturated heterocycles. The molecule has 2 aromatic heterocycles. The third-order valence-corrected chi connectivity index (χ3v) is 5.54. The first-order valence-corrected chi connectivity index (χ1v) is 10.6. The van der Waals surface area contributed by atoms with Crippen LogP contribution in [0.3, 0.4) is 0 Å². The molecular formula is C22H22FN7O3. The van der Waals surface area contributed by atoms with E-state index in [0.29, 0.717) is 48.6 Å². The average molecular weight is 451 g/mol. The van der Waals surface area contributed by atoms with Crippen LogP contribution in [-0.4, -0.2) is 64.1 Å². The molecule has 2 aliphatic rings. The Morgan fingerprint density at radius 3 is 2.88 bits per heavy atom.